The largest absolute Gasteiger partial charge is 0.352 e. The molecule has 1 saturated heterocycles. The van der Waals surface area contributed by atoms with Crippen LogP contribution in [-0.4, -0.2) is 47.1 Å². The van der Waals surface area contributed by atoms with Crippen LogP contribution < -0.4 is 11.1 Å². The van der Waals surface area contributed by atoms with E-state index in [9.17, 15) is 9.59 Å². The number of thioether (sulfide) groups is 1. The Hall–Kier alpha value is -1.53. The van der Waals surface area contributed by atoms with Crippen molar-refractivity contribution in [2.45, 2.75) is 50.6 Å². The molecule has 0 aromatic heterocycles. The van der Waals surface area contributed by atoms with Gasteiger partial charge in [0.2, 0.25) is 11.8 Å². The average Bonchev–Trinajstić information content (AvgIpc) is 2.94. The number of rotatable bonds is 7. The third-order valence-electron chi connectivity index (χ3n) is 3.96. The number of hydrogen-bond donors (Lipinski definition) is 2. The van der Waals surface area contributed by atoms with Crippen molar-refractivity contribution < 1.29 is 9.59 Å². The summed E-state index contributed by atoms with van der Waals surface area (Å²) in [5.41, 5.74) is 7.23. The second-order valence-corrected chi connectivity index (χ2v) is 7.61. The van der Waals surface area contributed by atoms with E-state index in [1.54, 1.807) is 16.7 Å². The van der Waals surface area contributed by atoms with E-state index < -0.39 is 6.04 Å². The van der Waals surface area contributed by atoms with Crippen LogP contribution in [0, 0.1) is 0 Å². The van der Waals surface area contributed by atoms with Crippen molar-refractivity contribution in [1.29, 1.82) is 0 Å². The van der Waals surface area contributed by atoms with Crippen LogP contribution in [-0.2, 0) is 15.3 Å². The zero-order valence-electron chi connectivity index (χ0n) is 14.4. The molecule has 1 aliphatic heterocycles. The van der Waals surface area contributed by atoms with Crippen LogP contribution in [0.5, 0.6) is 0 Å². The van der Waals surface area contributed by atoms with Crippen LogP contribution in [0.1, 0.15) is 32.3 Å². The fourth-order valence-corrected chi connectivity index (χ4v) is 3.73. The molecule has 1 aromatic carbocycles. The molecule has 24 heavy (non-hydrogen) atoms. The van der Waals surface area contributed by atoms with Crippen molar-refractivity contribution in [3.8, 4) is 0 Å². The van der Waals surface area contributed by atoms with Crippen LogP contribution in [0.2, 0.25) is 0 Å². The molecule has 3 N–H and O–H groups in total. The molecule has 1 fully saturated rings. The molecule has 132 valence electrons. The second-order valence-electron chi connectivity index (χ2n) is 6.51. The van der Waals surface area contributed by atoms with Crippen molar-refractivity contribution >= 4 is 23.6 Å². The summed E-state index contributed by atoms with van der Waals surface area (Å²) in [4.78, 5) is 26.4. The lowest BCUT2D eigenvalue weighted by Gasteiger charge is -2.24. The summed E-state index contributed by atoms with van der Waals surface area (Å²) in [5, 5.41) is 2.89. The summed E-state index contributed by atoms with van der Waals surface area (Å²) in [6.07, 6.45) is 0.983. The number of hydrogen-bond acceptors (Lipinski definition) is 4. The molecule has 2 rings (SSSR count). The van der Waals surface area contributed by atoms with Gasteiger partial charge < -0.3 is 16.0 Å². The van der Waals surface area contributed by atoms with Crippen LogP contribution in [0.4, 0.5) is 0 Å². The van der Waals surface area contributed by atoms with E-state index in [1.807, 2.05) is 32.0 Å². The molecule has 6 heteroatoms. The minimum absolute atomic E-state index is 0.0208. The Morgan fingerprint density at radius 3 is 2.71 bits per heavy atom. The molecular formula is C18H27N3O2S. The molecule has 0 bridgehead atoms. The van der Waals surface area contributed by atoms with E-state index in [0.29, 0.717) is 19.4 Å². The normalized spacial score (nSPS) is 20.4. The third kappa shape index (κ3) is 5.53. The number of nitrogens with one attached hydrogen (secondary N) is 1. The minimum Gasteiger partial charge on any atom is -0.352 e. The Balaban J connectivity index is 1.80. The lowest BCUT2D eigenvalue weighted by atomic mass is 10.1. The molecule has 0 unspecified atom stereocenters. The van der Waals surface area contributed by atoms with Gasteiger partial charge in [-0.1, -0.05) is 30.3 Å². The Labute approximate surface area is 148 Å². The van der Waals surface area contributed by atoms with Crippen LogP contribution >= 0.6 is 11.8 Å². The Morgan fingerprint density at radius 2 is 2.04 bits per heavy atom. The topological polar surface area (TPSA) is 75.4 Å². The number of carbonyl (C=O) groups is 2. The van der Waals surface area contributed by atoms with E-state index in [1.165, 1.54) is 5.56 Å². The van der Waals surface area contributed by atoms with E-state index in [2.05, 4.69) is 17.4 Å². The first-order chi connectivity index (χ1) is 11.5. The first-order valence-corrected chi connectivity index (χ1v) is 9.60. The third-order valence-corrected chi connectivity index (χ3v) is 4.99. The van der Waals surface area contributed by atoms with Crippen LogP contribution in [0.3, 0.4) is 0 Å². The average molecular weight is 350 g/mol. The lowest BCUT2D eigenvalue weighted by Crippen LogP contribution is -2.47. The number of amides is 2. The van der Waals surface area contributed by atoms with Gasteiger partial charge in [0.15, 0.2) is 0 Å². The summed E-state index contributed by atoms with van der Waals surface area (Å²) < 4.78 is 0. The number of carbonyl (C=O) groups excluding carboxylic acids is 2. The molecule has 2 atom stereocenters. The van der Waals surface area contributed by atoms with E-state index >= 15 is 0 Å². The number of likely N-dealkylation sites (tertiary alicyclic amines) is 1. The zero-order valence-corrected chi connectivity index (χ0v) is 15.2. The maximum Gasteiger partial charge on any atom is 0.243 e. The second kappa shape index (κ2) is 9.08. The van der Waals surface area contributed by atoms with Gasteiger partial charge in [0.1, 0.15) is 6.04 Å². The van der Waals surface area contributed by atoms with Gasteiger partial charge in [0, 0.05) is 36.6 Å². The number of nitrogens with two attached hydrogens (primary N) is 1. The Morgan fingerprint density at radius 1 is 1.33 bits per heavy atom. The van der Waals surface area contributed by atoms with E-state index in [4.69, 9.17) is 5.73 Å². The summed E-state index contributed by atoms with van der Waals surface area (Å²) in [6.45, 7) is 4.30. The maximum atomic E-state index is 12.5. The van der Waals surface area contributed by atoms with Crippen molar-refractivity contribution in [2.24, 2.45) is 5.73 Å². The molecule has 0 aliphatic carbocycles. The van der Waals surface area contributed by atoms with Crippen molar-refractivity contribution in [3.63, 3.8) is 0 Å². The standard InChI is InChI=1S/C18H27N3O2S/c1-13(2)20-18(23)16-10-15(19)11-21(16)17(22)8-9-24-12-14-6-4-3-5-7-14/h3-7,13,15-16H,8-12,19H2,1-2H3,(H,20,23)/t15-,16+/m1/s1. The van der Waals surface area contributed by atoms with Gasteiger partial charge >= 0.3 is 0 Å². The highest BCUT2D eigenvalue weighted by Gasteiger charge is 2.37. The molecule has 1 aromatic rings. The van der Waals surface area contributed by atoms with Crippen LogP contribution in [0.15, 0.2) is 30.3 Å². The summed E-state index contributed by atoms with van der Waals surface area (Å²) in [6, 6.07) is 9.73. The first kappa shape index (κ1) is 18.8. The number of benzene rings is 1. The quantitative estimate of drug-likeness (QED) is 0.736. The molecule has 0 spiro atoms. The molecule has 1 heterocycles. The van der Waals surface area contributed by atoms with Gasteiger partial charge in [-0.25, -0.2) is 0 Å². The fourth-order valence-electron chi connectivity index (χ4n) is 2.84. The number of nitrogens with zero attached hydrogens (tertiary/aromatic N) is 1. The van der Waals surface area contributed by atoms with E-state index in [-0.39, 0.29) is 23.9 Å². The zero-order chi connectivity index (χ0) is 17.5. The van der Waals surface area contributed by atoms with Gasteiger partial charge in [-0.3, -0.25) is 9.59 Å². The predicted octanol–water partition coefficient (Wildman–Crippen LogP) is 1.76. The molecule has 5 nitrogen and oxygen atoms in total. The van der Waals surface area contributed by atoms with Crippen molar-refractivity contribution in [1.82, 2.24) is 10.2 Å². The van der Waals surface area contributed by atoms with Gasteiger partial charge in [-0.2, -0.15) is 11.8 Å². The van der Waals surface area contributed by atoms with Gasteiger partial charge in [0.25, 0.3) is 0 Å². The summed E-state index contributed by atoms with van der Waals surface area (Å²) >= 11 is 1.74. The monoisotopic (exact) mass is 349 g/mol. The Kier molecular flexibility index (Phi) is 7.12. The lowest BCUT2D eigenvalue weighted by molar-refractivity contribution is -0.138. The predicted molar refractivity (Wildman–Crippen MR) is 98.6 cm³/mol. The summed E-state index contributed by atoms with van der Waals surface area (Å²) in [5.74, 6) is 1.57. The molecule has 0 saturated carbocycles. The highest BCUT2D eigenvalue weighted by molar-refractivity contribution is 7.98. The highest BCUT2D eigenvalue weighted by Crippen LogP contribution is 2.20. The van der Waals surface area contributed by atoms with Gasteiger partial charge in [0.05, 0.1) is 0 Å². The highest BCUT2D eigenvalue weighted by atomic mass is 32.2. The molecular weight excluding hydrogens is 322 g/mol. The Bertz CT molecular complexity index is 550. The van der Waals surface area contributed by atoms with Gasteiger partial charge in [-0.05, 0) is 25.8 Å². The maximum absolute atomic E-state index is 12.5. The molecule has 2 amide bonds. The van der Waals surface area contributed by atoms with Crippen LogP contribution in [0.25, 0.3) is 0 Å². The SMILES string of the molecule is CC(C)NC(=O)[C@@H]1C[C@@H](N)CN1C(=O)CCSCc1ccccc1. The minimum atomic E-state index is -0.422. The van der Waals surface area contributed by atoms with Crippen molar-refractivity contribution in [3.05, 3.63) is 35.9 Å². The summed E-state index contributed by atoms with van der Waals surface area (Å²) in [7, 11) is 0. The fraction of sp³-hybridized carbons (Fsp3) is 0.556. The molecule has 1 aliphatic rings. The van der Waals surface area contributed by atoms with Crippen molar-refractivity contribution in [2.75, 3.05) is 12.3 Å². The molecule has 0 radical (unpaired) electrons. The first-order valence-electron chi connectivity index (χ1n) is 8.44. The smallest absolute Gasteiger partial charge is 0.243 e. The van der Waals surface area contributed by atoms with Gasteiger partial charge in [-0.15, -0.1) is 0 Å². The van der Waals surface area contributed by atoms with E-state index in [0.717, 1.165) is 11.5 Å².